The topological polar surface area (TPSA) is 138 Å². The molecule has 2 heterocycles. The van der Waals surface area contributed by atoms with Crippen molar-refractivity contribution in [1.29, 1.82) is 0 Å². The molecule has 2 fully saturated rings. The molecule has 2 aliphatic rings. The zero-order valence-electron chi connectivity index (χ0n) is 21.6. The molecule has 2 aromatic carbocycles. The minimum atomic E-state index is -1.06. The fraction of sp³-hybridized carbons (Fsp3) is 0.429. The van der Waals surface area contributed by atoms with Crippen molar-refractivity contribution >= 4 is 28.7 Å². The van der Waals surface area contributed by atoms with Gasteiger partial charge in [0.15, 0.2) is 22.1 Å². The summed E-state index contributed by atoms with van der Waals surface area (Å²) in [4.78, 5) is 9.48. The summed E-state index contributed by atoms with van der Waals surface area (Å²) < 4.78 is 7.50. The highest BCUT2D eigenvalue weighted by atomic mass is 32.2. The van der Waals surface area contributed by atoms with Gasteiger partial charge in [-0.15, -0.1) is 5.10 Å². The Morgan fingerprint density at radius 1 is 1.00 bits per heavy atom. The molecule has 0 aliphatic heterocycles. The molecule has 11 heteroatoms. The van der Waals surface area contributed by atoms with E-state index in [0.29, 0.717) is 34.5 Å². The molecule has 4 aromatic rings. The molecule has 6 atom stereocenters. The summed E-state index contributed by atoms with van der Waals surface area (Å²) in [5.41, 5.74) is 2.27. The highest BCUT2D eigenvalue weighted by Gasteiger charge is 2.44. The Kier molecular flexibility index (Phi) is 7.39. The number of benzene rings is 2. The summed E-state index contributed by atoms with van der Waals surface area (Å²) in [7, 11) is 0. The van der Waals surface area contributed by atoms with Crippen LogP contribution in [0.15, 0.2) is 59.8 Å². The number of aliphatic hydroxyl groups excluding tert-OH is 3. The summed E-state index contributed by atoms with van der Waals surface area (Å²) in [5.74, 6) is 3.00. The van der Waals surface area contributed by atoms with Crippen molar-refractivity contribution < 1.29 is 20.1 Å². The zero-order valence-corrected chi connectivity index (χ0v) is 22.4. The largest absolute Gasteiger partial charge is 0.457 e. The van der Waals surface area contributed by atoms with Crippen LogP contribution in [0.2, 0.25) is 0 Å². The van der Waals surface area contributed by atoms with E-state index in [1.165, 1.54) is 5.56 Å². The maximum Gasteiger partial charge on any atom is 0.191 e. The van der Waals surface area contributed by atoms with E-state index in [1.54, 1.807) is 16.4 Å². The molecular formula is C28H32N6O4S. The molecule has 2 saturated carbocycles. The van der Waals surface area contributed by atoms with Crippen LogP contribution in [0.25, 0.3) is 11.2 Å². The number of fused-ring (bicyclic) bond motifs is 1. The van der Waals surface area contributed by atoms with Gasteiger partial charge in [-0.25, -0.2) is 14.6 Å². The van der Waals surface area contributed by atoms with Gasteiger partial charge < -0.3 is 25.4 Å². The van der Waals surface area contributed by atoms with Crippen molar-refractivity contribution in [3.63, 3.8) is 0 Å². The zero-order chi connectivity index (χ0) is 26.9. The van der Waals surface area contributed by atoms with Gasteiger partial charge >= 0.3 is 0 Å². The van der Waals surface area contributed by atoms with Crippen molar-refractivity contribution in [3.05, 3.63) is 60.2 Å². The number of aromatic nitrogens is 5. The fourth-order valence-corrected chi connectivity index (χ4v) is 5.91. The Bertz CT molecular complexity index is 1420. The second-order valence-corrected chi connectivity index (χ2v) is 11.3. The molecule has 39 heavy (non-hydrogen) atoms. The van der Waals surface area contributed by atoms with Crippen LogP contribution in [0, 0.1) is 5.92 Å². The summed E-state index contributed by atoms with van der Waals surface area (Å²) in [6.45, 7) is 1.90. The number of thioether (sulfide) groups is 1. The van der Waals surface area contributed by atoms with E-state index in [1.807, 2.05) is 42.5 Å². The number of nitrogens with zero attached hydrogens (tertiary/aromatic N) is 5. The van der Waals surface area contributed by atoms with Crippen LogP contribution in [-0.4, -0.2) is 70.9 Å². The minimum absolute atomic E-state index is 0.191. The Balaban J connectivity index is 1.21. The van der Waals surface area contributed by atoms with Gasteiger partial charge in [0.05, 0.1) is 12.1 Å². The van der Waals surface area contributed by atoms with Gasteiger partial charge in [-0.2, -0.15) is 0 Å². The first-order valence-electron chi connectivity index (χ1n) is 13.4. The number of hydrogen-bond donors (Lipinski definition) is 4. The van der Waals surface area contributed by atoms with Crippen LogP contribution in [0.5, 0.6) is 11.5 Å². The van der Waals surface area contributed by atoms with E-state index in [2.05, 4.69) is 34.7 Å². The average molecular weight is 549 g/mol. The van der Waals surface area contributed by atoms with Crippen LogP contribution in [-0.2, 0) is 0 Å². The molecule has 0 radical (unpaired) electrons. The second-order valence-electron chi connectivity index (χ2n) is 10.2. The molecule has 2 aromatic heterocycles. The van der Waals surface area contributed by atoms with Crippen molar-refractivity contribution in [3.8, 4) is 11.5 Å². The summed E-state index contributed by atoms with van der Waals surface area (Å²) >= 11 is 1.56. The average Bonchev–Trinajstić information content (AvgIpc) is 3.50. The van der Waals surface area contributed by atoms with Crippen molar-refractivity contribution in [2.45, 2.75) is 61.6 Å². The van der Waals surface area contributed by atoms with Crippen LogP contribution < -0.4 is 10.1 Å². The molecule has 2 unspecified atom stereocenters. The van der Waals surface area contributed by atoms with Gasteiger partial charge in [0.2, 0.25) is 0 Å². The van der Waals surface area contributed by atoms with Gasteiger partial charge in [-0.3, -0.25) is 0 Å². The van der Waals surface area contributed by atoms with Crippen LogP contribution >= 0.6 is 11.8 Å². The number of aliphatic hydroxyl groups is 3. The molecule has 6 rings (SSSR count). The first-order valence-corrected chi connectivity index (χ1v) is 14.4. The molecular weight excluding hydrogens is 516 g/mol. The number of rotatable bonds is 10. The van der Waals surface area contributed by atoms with Gasteiger partial charge in [0.1, 0.15) is 17.6 Å². The van der Waals surface area contributed by atoms with E-state index in [-0.39, 0.29) is 12.6 Å². The summed E-state index contributed by atoms with van der Waals surface area (Å²) in [5, 5.41) is 43.5. The second kappa shape index (κ2) is 11.1. The van der Waals surface area contributed by atoms with Crippen molar-refractivity contribution in [1.82, 2.24) is 25.0 Å². The highest BCUT2D eigenvalue weighted by Crippen LogP contribution is 2.44. The number of anilines is 1. The van der Waals surface area contributed by atoms with Crippen LogP contribution in [0.4, 0.5) is 5.82 Å². The molecule has 4 N–H and O–H groups in total. The number of ether oxygens (including phenoxy) is 1. The van der Waals surface area contributed by atoms with Crippen LogP contribution in [0.1, 0.15) is 43.7 Å². The molecule has 0 amide bonds. The fourth-order valence-electron chi connectivity index (χ4n) is 5.22. The number of hydrogen-bond acceptors (Lipinski definition) is 10. The van der Waals surface area contributed by atoms with E-state index in [4.69, 9.17) is 14.7 Å². The highest BCUT2D eigenvalue weighted by molar-refractivity contribution is 7.99. The molecule has 2 aliphatic carbocycles. The third-order valence-electron chi connectivity index (χ3n) is 7.46. The Morgan fingerprint density at radius 3 is 2.49 bits per heavy atom. The van der Waals surface area contributed by atoms with E-state index < -0.39 is 24.2 Å². The minimum Gasteiger partial charge on any atom is -0.457 e. The standard InChI is InChI=1S/C28H32N6O4S/c1-2-12-39-28-30-26(23-27(31-28)34(33-32-23)22-13-17(15-35)24(36)25(22)37)29-21-14-20(21)16-8-10-19(11-9-16)38-18-6-4-3-5-7-18/h3-11,17,20-22,24-25,35-37H,2,12-15H2,1H3,(H,29,30,31)/t17-,20?,21?,22-,24-,25+/m0/s1. The normalized spacial score (nSPS) is 26.2. The molecule has 204 valence electrons. The van der Waals surface area contributed by atoms with E-state index in [9.17, 15) is 15.3 Å². The third kappa shape index (κ3) is 5.31. The Labute approximate surface area is 230 Å². The maximum atomic E-state index is 10.7. The van der Waals surface area contributed by atoms with E-state index >= 15 is 0 Å². The maximum absolute atomic E-state index is 10.7. The smallest absolute Gasteiger partial charge is 0.191 e. The SMILES string of the molecule is CCCSc1nc(NC2CC2c2ccc(Oc3ccccc3)cc2)c2nnn([C@H]3C[C@@H](CO)[C@H](O)[C@@H]3O)c2n1. The van der Waals surface area contributed by atoms with Gasteiger partial charge in [-0.05, 0) is 49.1 Å². The van der Waals surface area contributed by atoms with Crippen molar-refractivity contribution in [2.24, 2.45) is 5.92 Å². The molecule has 0 bridgehead atoms. The monoisotopic (exact) mass is 548 g/mol. The predicted octanol–water partition coefficient (Wildman–Crippen LogP) is 3.76. The number of para-hydroxylation sites is 1. The first kappa shape index (κ1) is 26.0. The molecule has 0 spiro atoms. The quantitative estimate of drug-likeness (QED) is 0.171. The Morgan fingerprint density at radius 2 is 1.77 bits per heavy atom. The summed E-state index contributed by atoms with van der Waals surface area (Å²) in [6.07, 6.45) is 0.237. The van der Waals surface area contributed by atoms with E-state index in [0.717, 1.165) is 30.1 Å². The van der Waals surface area contributed by atoms with Gasteiger partial charge in [0.25, 0.3) is 0 Å². The van der Waals surface area contributed by atoms with Gasteiger partial charge in [-0.1, -0.05) is 54.2 Å². The lowest BCUT2D eigenvalue weighted by Gasteiger charge is -2.17. The van der Waals surface area contributed by atoms with Gasteiger partial charge in [0, 0.05) is 30.2 Å². The number of nitrogens with one attached hydrogen (secondary N) is 1. The van der Waals surface area contributed by atoms with Crippen molar-refractivity contribution in [2.75, 3.05) is 17.7 Å². The lowest BCUT2D eigenvalue weighted by atomic mass is 10.1. The summed E-state index contributed by atoms with van der Waals surface area (Å²) in [6, 6.07) is 17.6. The first-order chi connectivity index (χ1) is 19.1. The molecule has 10 nitrogen and oxygen atoms in total. The lowest BCUT2D eigenvalue weighted by Crippen LogP contribution is -2.30. The Hall–Kier alpha value is -3.25. The lowest BCUT2D eigenvalue weighted by molar-refractivity contribution is -0.00512. The third-order valence-corrected chi connectivity index (χ3v) is 8.51. The van der Waals surface area contributed by atoms with Crippen LogP contribution in [0.3, 0.4) is 0 Å². The molecule has 0 saturated heterocycles. The predicted molar refractivity (Wildman–Crippen MR) is 148 cm³/mol.